The Morgan fingerprint density at radius 3 is 2.50 bits per heavy atom. The summed E-state index contributed by atoms with van der Waals surface area (Å²) in [5, 5.41) is 0. The summed E-state index contributed by atoms with van der Waals surface area (Å²) in [6.45, 7) is 5.51. The third-order valence-corrected chi connectivity index (χ3v) is 3.42. The summed E-state index contributed by atoms with van der Waals surface area (Å²) < 4.78 is 31.5. The van der Waals surface area contributed by atoms with E-state index in [1.165, 1.54) is 11.0 Å². The van der Waals surface area contributed by atoms with Gasteiger partial charge in [0.25, 0.3) is 0 Å². The van der Waals surface area contributed by atoms with Gasteiger partial charge in [-0.3, -0.25) is 4.79 Å². The zero-order valence-corrected chi connectivity index (χ0v) is 12.9. The van der Waals surface area contributed by atoms with Gasteiger partial charge >= 0.3 is 6.09 Å². The Balaban J connectivity index is 2.05. The fourth-order valence-corrected chi connectivity index (χ4v) is 2.39. The molecule has 0 saturated carbocycles. The molecule has 0 aliphatic carbocycles. The van der Waals surface area contributed by atoms with Crippen molar-refractivity contribution in [1.29, 1.82) is 0 Å². The van der Waals surface area contributed by atoms with Crippen LogP contribution < -0.4 is 0 Å². The molecule has 0 unspecified atom stereocenters. The number of benzene rings is 1. The topological polar surface area (TPSA) is 46.6 Å². The van der Waals surface area contributed by atoms with Crippen molar-refractivity contribution in [3.63, 3.8) is 0 Å². The summed E-state index contributed by atoms with van der Waals surface area (Å²) in [6.07, 6.45) is -0.173. The van der Waals surface area contributed by atoms with E-state index in [0.29, 0.717) is 18.5 Å². The molecule has 1 aliphatic rings. The van der Waals surface area contributed by atoms with Gasteiger partial charge in [0, 0.05) is 12.5 Å². The van der Waals surface area contributed by atoms with Gasteiger partial charge in [-0.1, -0.05) is 6.07 Å². The number of rotatable bonds is 1. The van der Waals surface area contributed by atoms with Crippen LogP contribution in [0.4, 0.5) is 13.6 Å². The van der Waals surface area contributed by atoms with E-state index in [2.05, 4.69) is 0 Å². The molecular weight excluding hydrogens is 292 g/mol. The van der Waals surface area contributed by atoms with Crippen molar-refractivity contribution >= 4 is 11.9 Å². The Morgan fingerprint density at radius 1 is 1.27 bits per heavy atom. The Bertz CT molecular complexity index is 596. The summed E-state index contributed by atoms with van der Waals surface area (Å²) in [6, 6.07) is 3.46. The van der Waals surface area contributed by atoms with Crippen LogP contribution in [0, 0.1) is 11.6 Å². The fraction of sp³-hybridized carbons (Fsp3) is 0.500. The molecule has 1 aromatic rings. The summed E-state index contributed by atoms with van der Waals surface area (Å²) >= 11 is 0. The van der Waals surface area contributed by atoms with Crippen molar-refractivity contribution in [1.82, 2.24) is 4.90 Å². The minimum atomic E-state index is -0.972. The molecular formula is C16H19F2NO3. The Kier molecular flexibility index (Phi) is 4.49. The van der Waals surface area contributed by atoms with Gasteiger partial charge in [-0.05, 0) is 44.9 Å². The molecule has 0 radical (unpaired) electrons. The van der Waals surface area contributed by atoms with E-state index in [1.807, 2.05) is 0 Å². The number of amides is 1. The highest BCUT2D eigenvalue weighted by Gasteiger charge is 2.33. The lowest BCUT2D eigenvalue weighted by Gasteiger charge is -2.32. The maximum atomic E-state index is 13.3. The first kappa shape index (κ1) is 16.4. The molecule has 22 heavy (non-hydrogen) atoms. The first-order chi connectivity index (χ1) is 10.2. The molecule has 1 fully saturated rings. The fourth-order valence-electron chi connectivity index (χ4n) is 2.39. The van der Waals surface area contributed by atoms with Crippen LogP contribution in [0.15, 0.2) is 18.2 Å². The van der Waals surface area contributed by atoms with Gasteiger partial charge in [0.05, 0.1) is 6.54 Å². The lowest BCUT2D eigenvalue weighted by molar-refractivity contribution is -0.123. The van der Waals surface area contributed by atoms with Crippen LogP contribution in [0.1, 0.15) is 38.7 Å². The number of Topliss-reactive ketones (excluding diaryl/α,β-unsaturated/α-hetero) is 1. The normalized spacial score (nSPS) is 19.2. The van der Waals surface area contributed by atoms with Crippen molar-refractivity contribution < 1.29 is 23.1 Å². The second-order valence-corrected chi connectivity index (χ2v) is 6.38. The monoisotopic (exact) mass is 311 g/mol. The minimum Gasteiger partial charge on any atom is -0.444 e. The van der Waals surface area contributed by atoms with Crippen molar-refractivity contribution in [2.75, 3.05) is 13.1 Å². The predicted octanol–water partition coefficient (Wildman–Crippen LogP) is 3.26. The van der Waals surface area contributed by atoms with Gasteiger partial charge in [0.1, 0.15) is 5.60 Å². The lowest BCUT2D eigenvalue weighted by atomic mass is 9.88. The third-order valence-electron chi connectivity index (χ3n) is 3.42. The van der Waals surface area contributed by atoms with E-state index >= 15 is 0 Å². The Hall–Kier alpha value is -1.98. The number of ether oxygens (including phenoxy) is 1. The molecule has 1 aliphatic heterocycles. The van der Waals surface area contributed by atoms with Crippen LogP contribution >= 0.6 is 0 Å². The third kappa shape index (κ3) is 3.81. The average Bonchev–Trinajstić information content (AvgIpc) is 2.40. The maximum absolute atomic E-state index is 13.3. The standard InChI is InChI=1S/C16H19F2NO3/c1-16(2,3)22-15(21)19-7-6-11(14(20)9-19)10-4-5-12(17)13(18)8-10/h4-5,8,11H,6-7,9H2,1-3H3/t11-/m1/s1. The zero-order chi connectivity index (χ0) is 16.5. The number of piperidine rings is 1. The molecule has 6 heteroatoms. The highest BCUT2D eigenvalue weighted by atomic mass is 19.2. The molecule has 1 saturated heterocycles. The van der Waals surface area contributed by atoms with Gasteiger partial charge in [0.15, 0.2) is 17.4 Å². The van der Waals surface area contributed by atoms with Gasteiger partial charge < -0.3 is 9.64 Å². The second-order valence-electron chi connectivity index (χ2n) is 6.38. The van der Waals surface area contributed by atoms with E-state index in [4.69, 9.17) is 4.74 Å². The van der Waals surface area contributed by atoms with E-state index in [1.54, 1.807) is 20.8 Å². The van der Waals surface area contributed by atoms with E-state index in [0.717, 1.165) is 12.1 Å². The predicted molar refractivity (Wildman–Crippen MR) is 76.5 cm³/mol. The summed E-state index contributed by atoms with van der Waals surface area (Å²) in [5.41, 5.74) is -0.190. The van der Waals surface area contributed by atoms with Gasteiger partial charge in [-0.25, -0.2) is 13.6 Å². The Labute approximate surface area is 128 Å². The van der Waals surface area contributed by atoms with Gasteiger partial charge in [-0.2, -0.15) is 0 Å². The summed E-state index contributed by atoms with van der Waals surface area (Å²) in [5.74, 6) is -2.64. The van der Waals surface area contributed by atoms with E-state index < -0.39 is 29.2 Å². The minimum absolute atomic E-state index is 0.0847. The molecule has 120 valence electrons. The lowest BCUT2D eigenvalue weighted by Crippen LogP contribution is -2.45. The molecule has 1 amide bonds. The molecule has 0 N–H and O–H groups in total. The van der Waals surface area contributed by atoms with Crippen molar-refractivity contribution in [2.24, 2.45) is 0 Å². The van der Waals surface area contributed by atoms with Gasteiger partial charge in [0.2, 0.25) is 0 Å². The van der Waals surface area contributed by atoms with Crippen LogP contribution in [0.3, 0.4) is 0 Å². The number of halogens is 2. The van der Waals surface area contributed by atoms with Crippen LogP contribution in [-0.2, 0) is 9.53 Å². The molecule has 0 spiro atoms. The zero-order valence-electron chi connectivity index (χ0n) is 12.9. The molecule has 1 heterocycles. The van der Waals surface area contributed by atoms with Crippen LogP contribution in [-0.4, -0.2) is 35.5 Å². The number of hydrogen-bond acceptors (Lipinski definition) is 3. The molecule has 4 nitrogen and oxygen atoms in total. The SMILES string of the molecule is CC(C)(C)OC(=O)N1CC[C@H](c2ccc(F)c(F)c2)C(=O)C1. The molecule has 2 rings (SSSR count). The van der Waals surface area contributed by atoms with E-state index in [-0.39, 0.29) is 12.3 Å². The second kappa shape index (κ2) is 6.02. The molecule has 0 aromatic heterocycles. The summed E-state index contributed by atoms with van der Waals surface area (Å²) in [7, 11) is 0. The first-order valence-electron chi connectivity index (χ1n) is 7.13. The van der Waals surface area contributed by atoms with E-state index in [9.17, 15) is 18.4 Å². The van der Waals surface area contributed by atoms with Gasteiger partial charge in [-0.15, -0.1) is 0 Å². The number of carbonyl (C=O) groups excluding carboxylic acids is 2. The van der Waals surface area contributed by atoms with Crippen LogP contribution in [0.2, 0.25) is 0 Å². The maximum Gasteiger partial charge on any atom is 0.410 e. The first-order valence-corrected chi connectivity index (χ1v) is 7.13. The number of hydrogen-bond donors (Lipinski definition) is 0. The highest BCUT2D eigenvalue weighted by Crippen LogP contribution is 2.27. The van der Waals surface area contributed by atoms with Crippen LogP contribution in [0.5, 0.6) is 0 Å². The quantitative estimate of drug-likeness (QED) is 0.800. The number of likely N-dealkylation sites (tertiary alicyclic amines) is 1. The molecule has 1 aromatic carbocycles. The number of nitrogens with zero attached hydrogens (tertiary/aromatic N) is 1. The Morgan fingerprint density at radius 2 is 1.95 bits per heavy atom. The smallest absolute Gasteiger partial charge is 0.410 e. The molecule has 1 atom stereocenters. The summed E-state index contributed by atoms with van der Waals surface area (Å²) in [4.78, 5) is 25.5. The number of ketones is 1. The van der Waals surface area contributed by atoms with Crippen molar-refractivity contribution in [2.45, 2.75) is 38.7 Å². The van der Waals surface area contributed by atoms with Crippen molar-refractivity contribution in [3.8, 4) is 0 Å². The largest absolute Gasteiger partial charge is 0.444 e. The highest BCUT2D eigenvalue weighted by molar-refractivity contribution is 5.90. The number of carbonyl (C=O) groups is 2. The molecule has 0 bridgehead atoms. The average molecular weight is 311 g/mol. The van der Waals surface area contributed by atoms with Crippen molar-refractivity contribution in [3.05, 3.63) is 35.4 Å². The van der Waals surface area contributed by atoms with Crippen LogP contribution in [0.25, 0.3) is 0 Å².